The topological polar surface area (TPSA) is 97.4 Å². The zero-order valence-corrected chi connectivity index (χ0v) is 19.8. The highest BCUT2D eigenvalue weighted by molar-refractivity contribution is 7.92. The van der Waals surface area contributed by atoms with E-state index in [1.54, 1.807) is 30.3 Å². The Morgan fingerprint density at radius 2 is 1.74 bits per heavy atom. The summed E-state index contributed by atoms with van der Waals surface area (Å²) in [5.41, 5.74) is 0.492. The van der Waals surface area contributed by atoms with Crippen molar-refractivity contribution >= 4 is 50.2 Å². The second-order valence-electron chi connectivity index (χ2n) is 7.71. The normalized spacial score (nSPS) is 11.8. The van der Waals surface area contributed by atoms with Crippen LogP contribution in [0.1, 0.15) is 35.5 Å². The first-order valence-electron chi connectivity index (χ1n) is 9.24. The summed E-state index contributed by atoms with van der Waals surface area (Å²) < 4.78 is 33.6. The van der Waals surface area contributed by atoms with Crippen LogP contribution in [0.3, 0.4) is 0 Å². The first-order valence-corrected chi connectivity index (χ1v) is 11.9. The second kappa shape index (κ2) is 8.86. The molecule has 0 fully saturated rings. The predicted molar refractivity (Wildman–Crippen MR) is 124 cm³/mol. The molecule has 3 aromatic rings. The average molecular weight is 480 g/mol. The molecule has 0 bridgehead atoms. The Morgan fingerprint density at radius 3 is 2.32 bits per heavy atom. The number of hydrogen-bond acceptors (Lipinski definition) is 6. The lowest BCUT2D eigenvalue weighted by molar-refractivity contribution is 0.103. The van der Waals surface area contributed by atoms with Crippen LogP contribution in [0, 0.1) is 0 Å². The smallest absolute Gasteiger partial charge is 0.267 e. The van der Waals surface area contributed by atoms with E-state index in [1.807, 2.05) is 20.8 Å². The lowest BCUT2D eigenvalue weighted by Gasteiger charge is -2.14. The molecule has 7 nitrogen and oxygen atoms in total. The van der Waals surface area contributed by atoms with E-state index in [2.05, 4.69) is 15.0 Å². The summed E-state index contributed by atoms with van der Waals surface area (Å²) in [4.78, 5) is 17.3. The van der Waals surface area contributed by atoms with Crippen molar-refractivity contribution in [3.63, 3.8) is 0 Å². The van der Waals surface area contributed by atoms with Crippen molar-refractivity contribution in [3.8, 4) is 5.75 Å². The van der Waals surface area contributed by atoms with Crippen molar-refractivity contribution in [1.29, 1.82) is 0 Å². The predicted octanol–water partition coefficient (Wildman–Crippen LogP) is 5.16. The molecule has 1 heterocycles. The number of ether oxygens (including phenoxy) is 1. The zero-order valence-electron chi connectivity index (χ0n) is 17.4. The van der Waals surface area contributed by atoms with Gasteiger partial charge in [0.1, 0.15) is 15.5 Å². The molecule has 10 heteroatoms. The number of halogens is 1. The van der Waals surface area contributed by atoms with Crippen LogP contribution in [0.4, 0.5) is 11.4 Å². The number of aromatic nitrogens is 1. The van der Waals surface area contributed by atoms with Crippen molar-refractivity contribution in [2.24, 2.45) is 0 Å². The third-order valence-corrected chi connectivity index (χ3v) is 7.25. The largest absolute Gasteiger partial charge is 0.495 e. The van der Waals surface area contributed by atoms with Crippen molar-refractivity contribution < 1.29 is 17.9 Å². The first-order chi connectivity index (χ1) is 14.5. The molecule has 0 atom stereocenters. The van der Waals surface area contributed by atoms with Gasteiger partial charge in [0.05, 0.1) is 18.3 Å². The van der Waals surface area contributed by atoms with E-state index in [0.29, 0.717) is 21.3 Å². The summed E-state index contributed by atoms with van der Waals surface area (Å²) in [6.07, 6.45) is 1.52. The third kappa shape index (κ3) is 5.55. The van der Waals surface area contributed by atoms with Crippen molar-refractivity contribution in [1.82, 2.24) is 4.98 Å². The Balaban J connectivity index is 1.87. The highest BCUT2D eigenvalue weighted by Crippen LogP contribution is 2.30. The number of carbonyl (C=O) groups excluding carboxylic acids is 1. The molecule has 164 valence electrons. The maximum absolute atomic E-state index is 12.9. The number of rotatable bonds is 6. The number of sulfonamides is 1. The number of benzene rings is 2. The maximum atomic E-state index is 12.9. The molecule has 2 N–H and O–H groups in total. The van der Waals surface area contributed by atoms with E-state index in [1.165, 1.54) is 36.8 Å². The number of anilines is 2. The van der Waals surface area contributed by atoms with Crippen LogP contribution in [0.25, 0.3) is 0 Å². The van der Waals surface area contributed by atoms with E-state index in [9.17, 15) is 13.2 Å². The van der Waals surface area contributed by atoms with Gasteiger partial charge in [-0.15, -0.1) is 11.3 Å². The Kier molecular flexibility index (Phi) is 6.59. The summed E-state index contributed by atoms with van der Waals surface area (Å²) in [6.45, 7) is 6.05. The molecule has 0 saturated heterocycles. The number of hydrogen-bond donors (Lipinski definition) is 2. The van der Waals surface area contributed by atoms with E-state index in [4.69, 9.17) is 16.3 Å². The van der Waals surface area contributed by atoms with Crippen LogP contribution in [-0.4, -0.2) is 26.4 Å². The summed E-state index contributed by atoms with van der Waals surface area (Å²) in [6, 6.07) is 10.7. The van der Waals surface area contributed by atoms with Gasteiger partial charge in [-0.05, 0) is 42.5 Å². The van der Waals surface area contributed by atoms with E-state index >= 15 is 0 Å². The van der Waals surface area contributed by atoms with Crippen molar-refractivity contribution in [2.45, 2.75) is 31.1 Å². The standard InChI is InChI=1S/C21H22ClN3O4S2/c1-21(2,3)20-23-12-17(30-20)19(26)24-15-9-10-16(29-4)18(11-15)31(27,28)25-14-7-5-13(22)6-8-14/h5-12,25H,1-4H3,(H,24,26). The fraction of sp³-hybridized carbons (Fsp3) is 0.238. The van der Waals surface area contributed by atoms with Crippen LogP contribution >= 0.6 is 22.9 Å². The number of amides is 1. The minimum absolute atomic E-state index is 0.109. The number of nitrogens with zero attached hydrogens (tertiary/aromatic N) is 1. The molecule has 0 unspecified atom stereocenters. The highest BCUT2D eigenvalue weighted by atomic mass is 35.5. The third-order valence-electron chi connectivity index (χ3n) is 4.18. The van der Waals surface area contributed by atoms with Crippen LogP contribution in [0.5, 0.6) is 5.75 Å². The molecule has 31 heavy (non-hydrogen) atoms. The molecular formula is C21H22ClN3O4S2. The van der Waals surface area contributed by atoms with Gasteiger partial charge in [-0.2, -0.15) is 0 Å². The van der Waals surface area contributed by atoms with Crippen LogP contribution < -0.4 is 14.8 Å². The molecule has 0 aliphatic rings. The van der Waals surface area contributed by atoms with Gasteiger partial charge >= 0.3 is 0 Å². The summed E-state index contributed by atoms with van der Waals surface area (Å²) >= 11 is 7.15. The van der Waals surface area contributed by atoms with Gasteiger partial charge in [-0.25, -0.2) is 13.4 Å². The van der Waals surface area contributed by atoms with Crippen molar-refractivity contribution in [3.05, 3.63) is 63.6 Å². The molecule has 0 aliphatic carbocycles. The van der Waals surface area contributed by atoms with Gasteiger partial charge in [-0.3, -0.25) is 9.52 Å². The summed E-state index contributed by atoms with van der Waals surface area (Å²) in [5, 5.41) is 4.05. The first kappa shape index (κ1) is 23.1. The van der Waals surface area contributed by atoms with Crippen molar-refractivity contribution in [2.75, 3.05) is 17.1 Å². The molecule has 0 saturated carbocycles. The molecule has 0 radical (unpaired) electrons. The quantitative estimate of drug-likeness (QED) is 0.509. The van der Waals surface area contributed by atoms with Gasteiger partial charge in [0.25, 0.3) is 15.9 Å². The lowest BCUT2D eigenvalue weighted by atomic mass is 9.98. The Bertz CT molecular complexity index is 1200. The van der Waals surface area contributed by atoms with E-state index in [-0.39, 0.29) is 22.0 Å². The van der Waals surface area contributed by atoms with Gasteiger partial charge in [-0.1, -0.05) is 32.4 Å². The van der Waals surface area contributed by atoms with Gasteiger partial charge in [0.2, 0.25) is 0 Å². The maximum Gasteiger partial charge on any atom is 0.267 e. The zero-order chi connectivity index (χ0) is 22.8. The monoisotopic (exact) mass is 479 g/mol. The average Bonchev–Trinajstić information content (AvgIpc) is 3.20. The van der Waals surface area contributed by atoms with Crippen LogP contribution in [-0.2, 0) is 15.4 Å². The molecule has 0 aliphatic heterocycles. The Morgan fingerprint density at radius 1 is 1.10 bits per heavy atom. The SMILES string of the molecule is COc1ccc(NC(=O)c2cnc(C(C)(C)C)s2)cc1S(=O)(=O)Nc1ccc(Cl)cc1. The molecule has 0 spiro atoms. The molecule has 1 aromatic heterocycles. The molecule has 3 rings (SSSR count). The Hall–Kier alpha value is -2.62. The summed E-state index contributed by atoms with van der Waals surface area (Å²) in [5.74, 6) is -0.223. The lowest BCUT2D eigenvalue weighted by Crippen LogP contribution is -2.15. The van der Waals surface area contributed by atoms with Gasteiger partial charge in [0.15, 0.2) is 0 Å². The Labute approximate surface area is 190 Å². The van der Waals surface area contributed by atoms with Crippen LogP contribution in [0.2, 0.25) is 5.02 Å². The van der Waals surface area contributed by atoms with E-state index < -0.39 is 10.0 Å². The number of carbonyl (C=O) groups is 1. The number of methoxy groups -OCH3 is 1. The molecular weight excluding hydrogens is 458 g/mol. The van der Waals surface area contributed by atoms with E-state index in [0.717, 1.165) is 5.01 Å². The fourth-order valence-electron chi connectivity index (χ4n) is 2.61. The number of nitrogens with one attached hydrogen (secondary N) is 2. The molecule has 1 amide bonds. The minimum Gasteiger partial charge on any atom is -0.495 e. The fourth-order valence-corrected chi connectivity index (χ4v) is 4.86. The van der Waals surface area contributed by atoms with Crippen LogP contribution in [0.15, 0.2) is 53.6 Å². The van der Waals surface area contributed by atoms with Gasteiger partial charge < -0.3 is 10.1 Å². The van der Waals surface area contributed by atoms with Gasteiger partial charge in [0, 0.05) is 21.8 Å². The molecule has 2 aromatic carbocycles. The highest BCUT2D eigenvalue weighted by Gasteiger charge is 2.23. The second-order valence-corrected chi connectivity index (χ2v) is 10.8. The minimum atomic E-state index is -3.99. The summed E-state index contributed by atoms with van der Waals surface area (Å²) in [7, 11) is -2.61. The number of thiazole rings is 1.